The Morgan fingerprint density at radius 1 is 1.03 bits per heavy atom. The molecule has 2 atom stereocenters. The van der Waals surface area contributed by atoms with E-state index in [4.69, 9.17) is 0 Å². The molecule has 0 aliphatic carbocycles. The molecule has 3 aromatic rings. The third kappa shape index (κ3) is 5.31. The van der Waals surface area contributed by atoms with Crippen molar-refractivity contribution in [1.29, 1.82) is 0 Å². The zero-order valence-corrected chi connectivity index (χ0v) is 23.1. The summed E-state index contributed by atoms with van der Waals surface area (Å²) in [6, 6.07) is 19.0. The van der Waals surface area contributed by atoms with E-state index in [1.807, 2.05) is 19.9 Å². The first kappa shape index (κ1) is 26.3. The third-order valence-corrected chi connectivity index (χ3v) is 9.23. The number of anilines is 1. The van der Waals surface area contributed by atoms with Gasteiger partial charge in [-0.25, -0.2) is 4.21 Å². The van der Waals surface area contributed by atoms with E-state index in [-0.39, 0.29) is 11.8 Å². The van der Waals surface area contributed by atoms with Crippen LogP contribution in [0.2, 0.25) is 0 Å². The molecule has 38 heavy (non-hydrogen) atoms. The molecule has 0 aromatic heterocycles. The van der Waals surface area contributed by atoms with E-state index in [9.17, 15) is 13.8 Å². The minimum Gasteiger partial charge on any atom is -0.351 e. The minimum absolute atomic E-state index is 0.191. The predicted molar refractivity (Wildman–Crippen MR) is 151 cm³/mol. The number of hydrogen-bond donors (Lipinski definition) is 1. The number of carbonyl (C=O) groups is 2. The molecule has 5 rings (SSSR count). The highest BCUT2D eigenvalue weighted by molar-refractivity contribution is 7.85. The Bertz CT molecular complexity index is 1400. The van der Waals surface area contributed by atoms with Crippen molar-refractivity contribution >= 4 is 28.3 Å². The molecule has 198 valence electrons. The second kappa shape index (κ2) is 11.2. The lowest BCUT2D eigenvalue weighted by atomic mass is 10.0. The lowest BCUT2D eigenvalue weighted by molar-refractivity contribution is 0.0936. The van der Waals surface area contributed by atoms with E-state index < -0.39 is 10.8 Å². The molecule has 0 spiro atoms. The smallest absolute Gasteiger partial charge is 0.259 e. The number of fused-ring (bicyclic) bond motifs is 2. The van der Waals surface area contributed by atoms with Crippen LogP contribution in [-0.4, -0.2) is 46.6 Å². The van der Waals surface area contributed by atoms with Crippen molar-refractivity contribution in [3.63, 3.8) is 0 Å². The van der Waals surface area contributed by atoms with Crippen LogP contribution in [0.25, 0.3) is 0 Å². The van der Waals surface area contributed by atoms with Gasteiger partial charge in [0.15, 0.2) is 0 Å². The molecular weight excluding hydrogens is 494 g/mol. The van der Waals surface area contributed by atoms with Gasteiger partial charge in [-0.2, -0.15) is 0 Å². The van der Waals surface area contributed by atoms with Gasteiger partial charge in [0.25, 0.3) is 11.8 Å². The summed E-state index contributed by atoms with van der Waals surface area (Å²) in [6.07, 6.45) is 3.66. The molecule has 1 saturated heterocycles. The number of rotatable bonds is 6. The molecule has 2 aliphatic heterocycles. The fraction of sp³-hybridized carbons (Fsp3) is 0.355. The number of nitrogens with one attached hydrogen (secondary N) is 1. The summed E-state index contributed by atoms with van der Waals surface area (Å²) in [5.41, 5.74) is 4.59. The first-order valence-corrected chi connectivity index (χ1v) is 14.5. The van der Waals surface area contributed by atoms with Gasteiger partial charge in [0.05, 0.1) is 38.4 Å². The Kier molecular flexibility index (Phi) is 7.77. The van der Waals surface area contributed by atoms with E-state index in [1.165, 1.54) is 19.3 Å². The SMILES string of the molecule is Cc1ccc(C)c(CN2C(=O)c3ccccc3[S@@](=O)c3ccc(C(=O)NCCN4CCCC[C@@H]4C)cc32)c1. The van der Waals surface area contributed by atoms with Crippen LogP contribution in [0.3, 0.4) is 0 Å². The van der Waals surface area contributed by atoms with Crippen LogP contribution in [0, 0.1) is 13.8 Å². The zero-order valence-electron chi connectivity index (χ0n) is 22.3. The van der Waals surface area contributed by atoms with Crippen molar-refractivity contribution < 1.29 is 13.8 Å². The molecule has 0 radical (unpaired) electrons. The van der Waals surface area contributed by atoms with Crippen LogP contribution in [0.5, 0.6) is 0 Å². The standard InChI is InChI=1S/C31H35N3O3S/c1-21-11-12-22(2)25(18-21)20-34-27-19-24(30(35)32-15-17-33-16-7-6-8-23(33)3)13-14-29(27)38(37)28-10-5-4-9-26(28)31(34)36/h4-5,9-14,18-19,23H,6-8,15-17,20H2,1-3H3,(H,32,35)/t23-,38+/m0/s1. The van der Waals surface area contributed by atoms with E-state index in [1.54, 1.807) is 47.4 Å². The minimum atomic E-state index is -1.55. The van der Waals surface area contributed by atoms with Gasteiger partial charge in [-0.15, -0.1) is 0 Å². The molecular formula is C31H35N3O3S. The lowest BCUT2D eigenvalue weighted by Crippen LogP contribution is -2.42. The van der Waals surface area contributed by atoms with E-state index in [0.29, 0.717) is 45.7 Å². The highest BCUT2D eigenvalue weighted by Crippen LogP contribution is 2.36. The average molecular weight is 530 g/mol. The molecule has 2 amide bonds. The van der Waals surface area contributed by atoms with Crippen molar-refractivity contribution in [3.05, 3.63) is 88.5 Å². The van der Waals surface area contributed by atoms with E-state index in [2.05, 4.69) is 29.3 Å². The number of nitrogens with zero attached hydrogens (tertiary/aromatic N) is 2. The van der Waals surface area contributed by atoms with Gasteiger partial charge in [-0.05, 0) is 81.6 Å². The second-order valence-corrected chi connectivity index (χ2v) is 11.8. The van der Waals surface area contributed by atoms with Gasteiger partial charge in [-0.3, -0.25) is 14.5 Å². The van der Waals surface area contributed by atoms with Crippen LogP contribution in [-0.2, 0) is 17.3 Å². The summed E-state index contributed by atoms with van der Waals surface area (Å²) in [5.74, 6) is -0.408. The Morgan fingerprint density at radius 3 is 2.66 bits per heavy atom. The number of benzene rings is 3. The Labute approximate surface area is 227 Å². The molecule has 0 saturated carbocycles. The first-order valence-electron chi connectivity index (χ1n) is 13.4. The van der Waals surface area contributed by atoms with Crippen LogP contribution in [0.4, 0.5) is 5.69 Å². The molecule has 1 N–H and O–H groups in total. The quantitative estimate of drug-likeness (QED) is 0.475. The average Bonchev–Trinajstić information content (AvgIpc) is 3.01. The summed E-state index contributed by atoms with van der Waals surface area (Å²) in [7, 11) is -1.55. The van der Waals surface area contributed by atoms with Crippen molar-refractivity contribution in [1.82, 2.24) is 10.2 Å². The number of likely N-dealkylation sites (tertiary alicyclic amines) is 1. The zero-order chi connectivity index (χ0) is 26.8. The van der Waals surface area contributed by atoms with Gasteiger partial charge < -0.3 is 10.2 Å². The Morgan fingerprint density at radius 2 is 1.84 bits per heavy atom. The number of carbonyl (C=O) groups excluding carboxylic acids is 2. The molecule has 3 aromatic carbocycles. The number of amides is 2. The summed E-state index contributed by atoms with van der Waals surface area (Å²) in [4.78, 5) is 32.2. The summed E-state index contributed by atoms with van der Waals surface area (Å²) in [6.45, 7) is 9.06. The fourth-order valence-corrected chi connectivity index (χ4v) is 6.75. The van der Waals surface area contributed by atoms with Gasteiger partial charge in [0, 0.05) is 24.7 Å². The van der Waals surface area contributed by atoms with Gasteiger partial charge >= 0.3 is 0 Å². The topological polar surface area (TPSA) is 69.7 Å². The Hall–Kier alpha value is -3.29. The number of hydrogen-bond acceptors (Lipinski definition) is 4. The maximum atomic E-state index is 13.9. The molecule has 2 aliphatic rings. The Balaban J connectivity index is 1.47. The normalized spacial score (nSPS) is 19.4. The van der Waals surface area contributed by atoms with Crippen molar-refractivity contribution in [2.24, 2.45) is 0 Å². The first-order chi connectivity index (χ1) is 18.3. The molecule has 6 nitrogen and oxygen atoms in total. The van der Waals surface area contributed by atoms with Crippen molar-refractivity contribution in [3.8, 4) is 0 Å². The van der Waals surface area contributed by atoms with Crippen molar-refractivity contribution in [2.45, 2.75) is 62.4 Å². The molecule has 1 fully saturated rings. The number of piperidine rings is 1. The molecule has 0 bridgehead atoms. The second-order valence-electron chi connectivity index (χ2n) is 10.4. The lowest BCUT2D eigenvalue weighted by Gasteiger charge is -2.33. The predicted octanol–water partition coefficient (Wildman–Crippen LogP) is 5.23. The maximum absolute atomic E-state index is 13.9. The highest BCUT2D eigenvalue weighted by Gasteiger charge is 2.32. The fourth-order valence-electron chi connectivity index (χ4n) is 5.41. The monoisotopic (exact) mass is 529 g/mol. The van der Waals surface area contributed by atoms with Crippen LogP contribution in [0.15, 0.2) is 70.5 Å². The third-order valence-electron chi connectivity index (χ3n) is 7.73. The summed E-state index contributed by atoms with van der Waals surface area (Å²) >= 11 is 0. The van der Waals surface area contributed by atoms with Gasteiger partial charge in [0.1, 0.15) is 0 Å². The van der Waals surface area contributed by atoms with Crippen LogP contribution in [0.1, 0.15) is 63.6 Å². The van der Waals surface area contributed by atoms with Gasteiger partial charge in [-0.1, -0.05) is 42.3 Å². The van der Waals surface area contributed by atoms with Crippen LogP contribution >= 0.6 is 0 Å². The largest absolute Gasteiger partial charge is 0.351 e. The summed E-state index contributed by atoms with van der Waals surface area (Å²) in [5, 5.41) is 3.05. The summed E-state index contributed by atoms with van der Waals surface area (Å²) < 4.78 is 13.7. The molecule has 2 heterocycles. The number of aryl methyl sites for hydroxylation is 2. The molecule has 0 unspecified atom stereocenters. The highest BCUT2D eigenvalue weighted by atomic mass is 32.2. The van der Waals surface area contributed by atoms with Crippen molar-refractivity contribution in [2.75, 3.05) is 24.5 Å². The van der Waals surface area contributed by atoms with Crippen LogP contribution < -0.4 is 10.2 Å². The van der Waals surface area contributed by atoms with E-state index >= 15 is 0 Å². The van der Waals surface area contributed by atoms with Gasteiger partial charge in [0.2, 0.25) is 0 Å². The molecule has 7 heteroatoms. The van der Waals surface area contributed by atoms with E-state index in [0.717, 1.165) is 29.8 Å². The maximum Gasteiger partial charge on any atom is 0.259 e.